The Morgan fingerprint density at radius 2 is 1.81 bits per heavy atom. The van der Waals surface area contributed by atoms with Crippen LogP contribution in [0.3, 0.4) is 0 Å². The molecule has 1 aliphatic rings. The minimum absolute atomic E-state index is 0.191. The molecule has 164 valence electrons. The van der Waals surface area contributed by atoms with Crippen LogP contribution in [0.4, 0.5) is 4.39 Å². The fourth-order valence-corrected chi connectivity index (χ4v) is 5.69. The van der Waals surface area contributed by atoms with Crippen LogP contribution in [-0.2, 0) is 10.0 Å². The fourth-order valence-electron chi connectivity index (χ4n) is 3.88. The molecule has 1 fully saturated rings. The van der Waals surface area contributed by atoms with E-state index in [2.05, 4.69) is 15.2 Å². The average molecular weight is 446 g/mol. The zero-order valence-corrected chi connectivity index (χ0v) is 18.2. The normalized spacial score (nSPS) is 15.8. The van der Waals surface area contributed by atoms with Crippen molar-refractivity contribution in [2.75, 3.05) is 26.2 Å². The number of hydrogen-bond donors (Lipinski definition) is 2. The maximum absolute atomic E-state index is 13.1. The summed E-state index contributed by atoms with van der Waals surface area (Å²) in [5, 5.41) is 6.72. The van der Waals surface area contributed by atoms with E-state index in [4.69, 9.17) is 0 Å². The molecule has 0 bridgehead atoms. The highest BCUT2D eigenvalue weighted by Crippen LogP contribution is 2.24. The lowest BCUT2D eigenvalue weighted by Crippen LogP contribution is -2.37. The molecule has 1 saturated heterocycles. The smallest absolute Gasteiger partial charge is 0.270 e. The van der Waals surface area contributed by atoms with Crippen LogP contribution in [0.5, 0.6) is 0 Å². The Balaban J connectivity index is 1.48. The molecule has 0 radical (unpaired) electrons. The Kier molecular flexibility index (Phi) is 5.67. The Bertz CT molecular complexity index is 1180. The van der Waals surface area contributed by atoms with Crippen LogP contribution in [0.25, 0.3) is 11.1 Å². The van der Waals surface area contributed by atoms with Crippen molar-refractivity contribution in [1.29, 1.82) is 0 Å². The van der Waals surface area contributed by atoms with Crippen molar-refractivity contribution in [2.45, 2.75) is 25.2 Å². The minimum Gasteiger partial charge on any atom is -0.357 e. The maximum Gasteiger partial charge on any atom is 0.270 e. The number of hydrogen-bond acceptors (Lipinski definition) is 4. The number of H-pyrrole nitrogens is 2. The van der Waals surface area contributed by atoms with Gasteiger partial charge < -0.3 is 9.88 Å². The van der Waals surface area contributed by atoms with Crippen molar-refractivity contribution in [3.63, 3.8) is 0 Å². The third-order valence-corrected chi connectivity index (χ3v) is 7.65. The van der Waals surface area contributed by atoms with Gasteiger partial charge in [-0.2, -0.15) is 9.40 Å². The molecule has 0 aliphatic carbocycles. The van der Waals surface area contributed by atoms with Gasteiger partial charge in [0.25, 0.3) is 5.91 Å². The van der Waals surface area contributed by atoms with Crippen LogP contribution in [-0.4, -0.2) is 64.9 Å². The fraction of sp³-hybridized carbons (Fsp3) is 0.333. The van der Waals surface area contributed by atoms with E-state index in [1.165, 1.54) is 16.4 Å². The van der Waals surface area contributed by atoms with Gasteiger partial charge in [-0.15, -0.1) is 0 Å². The zero-order chi connectivity index (χ0) is 22.2. The number of amides is 1. The third kappa shape index (κ3) is 4.13. The van der Waals surface area contributed by atoms with Crippen LogP contribution in [0, 0.1) is 19.7 Å². The lowest BCUT2D eigenvalue weighted by molar-refractivity contribution is 0.0759. The van der Waals surface area contributed by atoms with Gasteiger partial charge in [-0.3, -0.25) is 9.89 Å². The molecule has 31 heavy (non-hydrogen) atoms. The second-order valence-electron chi connectivity index (χ2n) is 7.62. The molecular formula is C21H24FN5O3S. The van der Waals surface area contributed by atoms with Gasteiger partial charge in [0, 0.05) is 32.4 Å². The summed E-state index contributed by atoms with van der Waals surface area (Å²) in [6, 6.07) is 7.78. The van der Waals surface area contributed by atoms with Crippen LogP contribution in [0.2, 0.25) is 0 Å². The number of halogens is 1. The van der Waals surface area contributed by atoms with Gasteiger partial charge in [0.2, 0.25) is 10.0 Å². The topological polar surface area (TPSA) is 102 Å². The largest absolute Gasteiger partial charge is 0.357 e. The van der Waals surface area contributed by atoms with Crippen LogP contribution >= 0.6 is 0 Å². The molecule has 1 amide bonds. The van der Waals surface area contributed by atoms with Crippen molar-refractivity contribution in [1.82, 2.24) is 24.4 Å². The van der Waals surface area contributed by atoms with Crippen molar-refractivity contribution >= 4 is 15.9 Å². The number of aromatic amines is 2. The summed E-state index contributed by atoms with van der Waals surface area (Å²) in [6.07, 6.45) is 2.24. The minimum atomic E-state index is -3.69. The average Bonchev–Trinajstić information content (AvgIpc) is 3.26. The van der Waals surface area contributed by atoms with E-state index < -0.39 is 10.0 Å². The number of aryl methyl sites for hydroxylation is 2. The monoisotopic (exact) mass is 445 g/mol. The van der Waals surface area contributed by atoms with Gasteiger partial charge >= 0.3 is 0 Å². The SMILES string of the molecule is Cc1n[nH]c(C)c1S(=O)(=O)N1CCCN(C(=O)c2cc(-c3ccc(F)cc3)c[nH]2)CC1. The first-order chi connectivity index (χ1) is 14.8. The number of sulfonamides is 1. The standard InChI is InChI=1S/C21H24FN5O3S/c1-14-20(15(2)25-24-14)31(29,30)27-9-3-8-26(10-11-27)21(28)19-12-17(13-23-19)16-4-6-18(22)7-5-16/h4-7,12-13,23H,3,8-11H2,1-2H3,(H,24,25). The Hall–Kier alpha value is -2.98. The summed E-state index contributed by atoms with van der Waals surface area (Å²) in [4.78, 5) is 17.8. The summed E-state index contributed by atoms with van der Waals surface area (Å²) in [5.74, 6) is -0.510. The van der Waals surface area contributed by atoms with Gasteiger partial charge in [-0.1, -0.05) is 12.1 Å². The highest BCUT2D eigenvalue weighted by molar-refractivity contribution is 7.89. The summed E-state index contributed by atoms with van der Waals surface area (Å²) >= 11 is 0. The summed E-state index contributed by atoms with van der Waals surface area (Å²) in [7, 11) is -3.69. The number of nitrogens with one attached hydrogen (secondary N) is 2. The van der Waals surface area contributed by atoms with Crippen molar-refractivity contribution in [3.8, 4) is 11.1 Å². The van der Waals surface area contributed by atoms with E-state index in [1.807, 2.05) is 0 Å². The number of nitrogens with zero attached hydrogens (tertiary/aromatic N) is 3. The van der Waals surface area contributed by atoms with Gasteiger partial charge in [-0.25, -0.2) is 12.8 Å². The number of carbonyl (C=O) groups excluding carboxylic acids is 1. The lowest BCUT2D eigenvalue weighted by Gasteiger charge is -2.21. The number of aromatic nitrogens is 3. The van der Waals surface area contributed by atoms with E-state index in [9.17, 15) is 17.6 Å². The lowest BCUT2D eigenvalue weighted by atomic mass is 10.1. The van der Waals surface area contributed by atoms with Crippen LogP contribution < -0.4 is 0 Å². The molecule has 0 spiro atoms. The zero-order valence-electron chi connectivity index (χ0n) is 17.4. The molecule has 4 rings (SSSR count). The first kappa shape index (κ1) is 21.3. The molecule has 8 nitrogen and oxygen atoms in total. The Labute approximate surface area is 180 Å². The predicted molar refractivity (Wildman–Crippen MR) is 114 cm³/mol. The van der Waals surface area contributed by atoms with E-state index in [-0.39, 0.29) is 23.2 Å². The molecule has 1 aliphatic heterocycles. The second-order valence-corrected chi connectivity index (χ2v) is 9.50. The third-order valence-electron chi connectivity index (χ3n) is 5.49. The van der Waals surface area contributed by atoms with E-state index in [0.29, 0.717) is 43.1 Å². The highest BCUT2D eigenvalue weighted by atomic mass is 32.2. The number of rotatable bonds is 4. The summed E-state index contributed by atoms with van der Waals surface area (Å²) in [6.45, 7) is 4.64. The van der Waals surface area contributed by atoms with Gasteiger partial charge in [0.1, 0.15) is 16.4 Å². The molecule has 0 saturated carbocycles. The quantitative estimate of drug-likeness (QED) is 0.645. The maximum atomic E-state index is 13.1. The summed E-state index contributed by atoms with van der Waals surface area (Å²) in [5.41, 5.74) is 2.95. The molecule has 3 aromatic rings. The Morgan fingerprint density at radius 3 is 2.48 bits per heavy atom. The van der Waals surface area contributed by atoms with Crippen LogP contribution in [0.15, 0.2) is 41.4 Å². The first-order valence-corrected chi connectivity index (χ1v) is 11.5. The molecular weight excluding hydrogens is 421 g/mol. The molecule has 2 N–H and O–H groups in total. The molecule has 1 aromatic carbocycles. The summed E-state index contributed by atoms with van der Waals surface area (Å²) < 4.78 is 40.8. The van der Waals surface area contributed by atoms with Crippen LogP contribution in [0.1, 0.15) is 28.3 Å². The first-order valence-electron chi connectivity index (χ1n) is 10.0. The second kappa shape index (κ2) is 8.27. The predicted octanol–water partition coefficient (Wildman–Crippen LogP) is 2.70. The van der Waals surface area contributed by atoms with Crippen molar-refractivity contribution in [2.24, 2.45) is 0 Å². The number of carbonyl (C=O) groups is 1. The van der Waals surface area contributed by atoms with Gasteiger partial charge in [-0.05, 0) is 49.6 Å². The van der Waals surface area contributed by atoms with Crippen molar-refractivity contribution < 1.29 is 17.6 Å². The molecule has 10 heteroatoms. The van der Waals surface area contributed by atoms with E-state index >= 15 is 0 Å². The van der Waals surface area contributed by atoms with Gasteiger partial charge in [0.05, 0.1) is 11.4 Å². The Morgan fingerprint density at radius 1 is 1.06 bits per heavy atom. The van der Waals surface area contributed by atoms with E-state index in [0.717, 1.165) is 11.1 Å². The molecule has 2 aromatic heterocycles. The van der Waals surface area contributed by atoms with Gasteiger partial charge in [0.15, 0.2) is 0 Å². The van der Waals surface area contributed by atoms with Crippen molar-refractivity contribution in [3.05, 3.63) is 59.4 Å². The molecule has 0 unspecified atom stereocenters. The molecule has 0 atom stereocenters. The number of benzene rings is 1. The molecule has 3 heterocycles. The van der Waals surface area contributed by atoms with E-state index in [1.54, 1.807) is 43.1 Å². The highest BCUT2D eigenvalue weighted by Gasteiger charge is 2.32.